The molecular formula is C13H17F3N2O. The first-order valence-corrected chi connectivity index (χ1v) is 5.94. The summed E-state index contributed by atoms with van der Waals surface area (Å²) in [6.07, 6.45) is -4.40. The molecule has 1 amide bonds. The molecule has 0 saturated carbocycles. The zero-order valence-corrected chi connectivity index (χ0v) is 10.8. The van der Waals surface area contributed by atoms with Crippen LogP contribution in [-0.4, -0.2) is 18.5 Å². The molecule has 19 heavy (non-hydrogen) atoms. The molecule has 1 atom stereocenters. The number of carbonyl (C=O) groups is 1. The second kappa shape index (κ2) is 6.06. The maximum Gasteiger partial charge on any atom is 0.416 e. The number of benzene rings is 1. The van der Waals surface area contributed by atoms with Gasteiger partial charge in [0.05, 0.1) is 5.56 Å². The second-order valence-electron chi connectivity index (χ2n) is 4.63. The molecule has 1 rings (SSSR count). The van der Waals surface area contributed by atoms with Crippen molar-refractivity contribution in [3.63, 3.8) is 0 Å². The van der Waals surface area contributed by atoms with Gasteiger partial charge in [-0.2, -0.15) is 13.2 Å². The zero-order chi connectivity index (χ0) is 14.6. The number of halogens is 3. The largest absolute Gasteiger partial charge is 0.416 e. The first kappa shape index (κ1) is 15.5. The number of hydrogen-bond acceptors (Lipinski definition) is 2. The molecule has 6 heteroatoms. The fourth-order valence-corrected chi connectivity index (χ4v) is 1.56. The molecule has 106 valence electrons. The Kier molecular flexibility index (Phi) is 4.94. The van der Waals surface area contributed by atoms with Gasteiger partial charge < -0.3 is 11.1 Å². The normalized spacial score (nSPS) is 13.4. The van der Waals surface area contributed by atoms with E-state index in [0.29, 0.717) is 0 Å². The van der Waals surface area contributed by atoms with E-state index in [2.05, 4.69) is 5.32 Å². The monoisotopic (exact) mass is 274 g/mol. The number of hydrogen-bond donors (Lipinski definition) is 2. The van der Waals surface area contributed by atoms with Crippen molar-refractivity contribution in [1.29, 1.82) is 0 Å². The van der Waals surface area contributed by atoms with E-state index in [1.807, 2.05) is 13.8 Å². The quantitative estimate of drug-likeness (QED) is 0.886. The van der Waals surface area contributed by atoms with Crippen molar-refractivity contribution in [2.45, 2.75) is 26.1 Å². The summed E-state index contributed by atoms with van der Waals surface area (Å²) in [4.78, 5) is 11.8. The lowest BCUT2D eigenvalue weighted by molar-refractivity contribution is -0.137. The van der Waals surface area contributed by atoms with Gasteiger partial charge >= 0.3 is 6.18 Å². The van der Waals surface area contributed by atoms with E-state index < -0.39 is 17.6 Å². The first-order chi connectivity index (χ1) is 8.75. The summed E-state index contributed by atoms with van der Waals surface area (Å²) in [5, 5.41) is 2.70. The van der Waals surface area contributed by atoms with Crippen LogP contribution < -0.4 is 11.1 Å². The van der Waals surface area contributed by atoms with E-state index >= 15 is 0 Å². The van der Waals surface area contributed by atoms with Gasteiger partial charge in [-0.05, 0) is 30.2 Å². The highest BCUT2D eigenvalue weighted by molar-refractivity contribution is 5.94. The highest BCUT2D eigenvalue weighted by atomic mass is 19.4. The van der Waals surface area contributed by atoms with Crippen LogP contribution in [0.15, 0.2) is 24.3 Å². The van der Waals surface area contributed by atoms with Crippen LogP contribution in [0.3, 0.4) is 0 Å². The maximum atomic E-state index is 12.4. The van der Waals surface area contributed by atoms with E-state index in [4.69, 9.17) is 5.73 Å². The van der Waals surface area contributed by atoms with Crippen LogP contribution >= 0.6 is 0 Å². The SMILES string of the molecule is CC(C)C(CN)NC(=O)c1ccc(C(F)(F)F)cc1. The van der Waals surface area contributed by atoms with E-state index in [1.54, 1.807) is 0 Å². The Balaban J connectivity index is 2.78. The van der Waals surface area contributed by atoms with Gasteiger partial charge in [0.1, 0.15) is 0 Å². The third-order valence-electron chi connectivity index (χ3n) is 2.85. The van der Waals surface area contributed by atoms with Crippen molar-refractivity contribution >= 4 is 5.91 Å². The third kappa shape index (κ3) is 4.24. The zero-order valence-electron chi connectivity index (χ0n) is 10.8. The average molecular weight is 274 g/mol. The van der Waals surface area contributed by atoms with Crippen LogP contribution in [0.25, 0.3) is 0 Å². The van der Waals surface area contributed by atoms with Crippen LogP contribution in [0.5, 0.6) is 0 Å². The Hall–Kier alpha value is -1.56. The predicted octanol–water partition coefficient (Wildman–Crippen LogP) is 2.42. The fraction of sp³-hybridized carbons (Fsp3) is 0.462. The van der Waals surface area contributed by atoms with E-state index in [1.165, 1.54) is 0 Å². The van der Waals surface area contributed by atoms with Crippen molar-refractivity contribution in [2.24, 2.45) is 11.7 Å². The Labute approximate surface area is 110 Å². The standard InChI is InChI=1S/C13H17F3N2O/c1-8(2)11(7-17)18-12(19)9-3-5-10(6-4-9)13(14,15)16/h3-6,8,11H,7,17H2,1-2H3,(H,18,19). The maximum absolute atomic E-state index is 12.4. The molecule has 1 unspecified atom stereocenters. The van der Waals surface area contributed by atoms with Gasteiger partial charge in [0, 0.05) is 18.2 Å². The number of rotatable bonds is 4. The van der Waals surface area contributed by atoms with E-state index in [0.717, 1.165) is 24.3 Å². The van der Waals surface area contributed by atoms with Crippen LogP contribution in [0.1, 0.15) is 29.8 Å². The van der Waals surface area contributed by atoms with Crippen molar-refractivity contribution in [3.8, 4) is 0 Å². The van der Waals surface area contributed by atoms with Gasteiger partial charge in [0.25, 0.3) is 5.91 Å². The average Bonchev–Trinajstić information content (AvgIpc) is 2.34. The number of amides is 1. The summed E-state index contributed by atoms with van der Waals surface area (Å²) < 4.78 is 37.1. The van der Waals surface area contributed by atoms with Gasteiger partial charge in [-0.3, -0.25) is 4.79 Å². The van der Waals surface area contributed by atoms with Gasteiger partial charge in [0.15, 0.2) is 0 Å². The summed E-state index contributed by atoms with van der Waals surface area (Å²) in [5.41, 5.74) is 4.93. The minimum absolute atomic E-state index is 0.156. The van der Waals surface area contributed by atoms with Gasteiger partial charge in [-0.15, -0.1) is 0 Å². The number of nitrogens with one attached hydrogen (secondary N) is 1. The van der Waals surface area contributed by atoms with Crippen LogP contribution in [0.4, 0.5) is 13.2 Å². The van der Waals surface area contributed by atoms with Gasteiger partial charge in [0.2, 0.25) is 0 Å². The molecule has 0 saturated heterocycles. The van der Waals surface area contributed by atoms with E-state index in [-0.39, 0.29) is 24.1 Å². The number of carbonyl (C=O) groups excluding carboxylic acids is 1. The molecule has 0 aliphatic carbocycles. The molecule has 0 bridgehead atoms. The smallest absolute Gasteiger partial charge is 0.348 e. The molecule has 0 radical (unpaired) electrons. The summed E-state index contributed by atoms with van der Waals surface area (Å²) in [6, 6.07) is 3.90. The molecule has 0 fully saturated rings. The molecule has 3 N–H and O–H groups in total. The molecule has 3 nitrogen and oxygen atoms in total. The molecule has 0 aliphatic heterocycles. The highest BCUT2D eigenvalue weighted by Gasteiger charge is 2.30. The van der Waals surface area contributed by atoms with Gasteiger partial charge in [-0.25, -0.2) is 0 Å². The Morgan fingerprint density at radius 1 is 1.26 bits per heavy atom. The minimum Gasteiger partial charge on any atom is -0.348 e. The van der Waals surface area contributed by atoms with E-state index in [9.17, 15) is 18.0 Å². The van der Waals surface area contributed by atoms with Crippen LogP contribution in [0, 0.1) is 5.92 Å². The first-order valence-electron chi connectivity index (χ1n) is 5.94. The van der Waals surface area contributed by atoms with Crippen molar-refractivity contribution in [1.82, 2.24) is 5.32 Å². The molecule has 1 aromatic rings. The lowest BCUT2D eigenvalue weighted by Gasteiger charge is -2.20. The molecule has 0 spiro atoms. The molecule has 1 aromatic carbocycles. The summed E-state index contributed by atoms with van der Waals surface area (Å²) >= 11 is 0. The number of alkyl halides is 3. The number of nitrogens with two attached hydrogens (primary N) is 1. The highest BCUT2D eigenvalue weighted by Crippen LogP contribution is 2.29. The van der Waals surface area contributed by atoms with Crippen LogP contribution in [0.2, 0.25) is 0 Å². The topological polar surface area (TPSA) is 55.1 Å². The Morgan fingerprint density at radius 3 is 2.16 bits per heavy atom. The van der Waals surface area contributed by atoms with Crippen molar-refractivity contribution in [3.05, 3.63) is 35.4 Å². The van der Waals surface area contributed by atoms with Gasteiger partial charge in [-0.1, -0.05) is 13.8 Å². The summed E-state index contributed by atoms with van der Waals surface area (Å²) in [6.45, 7) is 4.10. The Morgan fingerprint density at radius 2 is 1.79 bits per heavy atom. The predicted molar refractivity (Wildman–Crippen MR) is 66.6 cm³/mol. The molecule has 0 aliphatic rings. The lowest BCUT2D eigenvalue weighted by Crippen LogP contribution is -2.43. The fourth-order valence-electron chi connectivity index (χ4n) is 1.56. The summed E-state index contributed by atoms with van der Waals surface area (Å²) in [7, 11) is 0. The van der Waals surface area contributed by atoms with Crippen molar-refractivity contribution in [2.75, 3.05) is 6.54 Å². The second-order valence-corrected chi connectivity index (χ2v) is 4.63. The molecule has 0 heterocycles. The minimum atomic E-state index is -4.40. The lowest BCUT2D eigenvalue weighted by atomic mass is 10.0. The summed E-state index contributed by atoms with van der Waals surface area (Å²) in [5.74, 6) is -0.263. The van der Waals surface area contributed by atoms with Crippen LogP contribution in [-0.2, 0) is 6.18 Å². The van der Waals surface area contributed by atoms with Crippen molar-refractivity contribution < 1.29 is 18.0 Å². The Bertz CT molecular complexity index is 427. The third-order valence-corrected chi connectivity index (χ3v) is 2.85. The molecular weight excluding hydrogens is 257 g/mol. The molecule has 0 aromatic heterocycles.